The van der Waals surface area contributed by atoms with Crippen LogP contribution in [0.1, 0.15) is 20.3 Å². The molecule has 0 aromatic heterocycles. The summed E-state index contributed by atoms with van der Waals surface area (Å²) < 4.78 is 9.70. The van der Waals surface area contributed by atoms with Crippen LogP contribution < -0.4 is 0 Å². The molecule has 0 aromatic rings. The molecule has 0 aliphatic rings. The Kier molecular flexibility index (Phi) is 7.94. The van der Waals surface area contributed by atoms with E-state index in [2.05, 4.69) is 6.58 Å². The van der Waals surface area contributed by atoms with E-state index < -0.39 is 34.1 Å². The van der Waals surface area contributed by atoms with Gasteiger partial charge in [-0.2, -0.15) is 0 Å². The van der Waals surface area contributed by atoms with Crippen LogP contribution in [0.2, 0.25) is 0 Å². The number of hydrogen-bond acceptors (Lipinski definition) is 5. The number of ether oxygens (including phenoxy) is 2. The normalized spacial score (nSPS) is 13.0. The zero-order valence-electron chi connectivity index (χ0n) is 10.9. The van der Waals surface area contributed by atoms with Crippen LogP contribution in [0.15, 0.2) is 22.2 Å². The van der Waals surface area contributed by atoms with E-state index in [9.17, 15) is 14.4 Å². The summed E-state index contributed by atoms with van der Waals surface area (Å²) in [4.78, 5) is 33.2. The zero-order valence-corrected chi connectivity index (χ0v) is 12.5. The fourth-order valence-electron chi connectivity index (χ4n) is 0.914. The standard InChI is InChI=1S/C12H14Cl2O6/c1-4-7(5-19-11(17)6(2)3)20-12(18)9(14)8(13)10(15)16/h7H,2,4-5H2,1,3H3,(H,15,16). The molecule has 0 aromatic carbocycles. The van der Waals surface area contributed by atoms with Gasteiger partial charge in [-0.1, -0.05) is 36.7 Å². The summed E-state index contributed by atoms with van der Waals surface area (Å²) in [5, 5.41) is 6.98. The summed E-state index contributed by atoms with van der Waals surface area (Å²) in [5.41, 5.74) is 0.207. The SMILES string of the molecule is C=C(C)C(=O)OCC(CC)OC(=O)C(Cl)=C(Cl)C(=O)O. The molecule has 0 saturated heterocycles. The van der Waals surface area contributed by atoms with Crippen molar-refractivity contribution in [2.24, 2.45) is 0 Å². The van der Waals surface area contributed by atoms with Crippen molar-refractivity contribution in [3.63, 3.8) is 0 Å². The van der Waals surface area contributed by atoms with Gasteiger partial charge in [-0.3, -0.25) is 0 Å². The Morgan fingerprint density at radius 3 is 2.15 bits per heavy atom. The Hall–Kier alpha value is -1.53. The first-order valence-corrected chi connectivity index (χ1v) is 6.28. The van der Waals surface area contributed by atoms with Gasteiger partial charge in [0.15, 0.2) is 10.1 Å². The number of rotatable bonds is 7. The number of halogens is 2. The highest BCUT2D eigenvalue weighted by molar-refractivity contribution is 6.52. The molecule has 6 nitrogen and oxygen atoms in total. The summed E-state index contributed by atoms with van der Waals surface area (Å²) in [7, 11) is 0. The van der Waals surface area contributed by atoms with Gasteiger partial charge in [0.1, 0.15) is 12.7 Å². The van der Waals surface area contributed by atoms with Crippen molar-refractivity contribution < 1.29 is 29.0 Å². The molecule has 0 fully saturated rings. The number of carbonyl (C=O) groups excluding carboxylic acids is 2. The minimum absolute atomic E-state index is 0.192. The van der Waals surface area contributed by atoms with Crippen LogP contribution in [0, 0.1) is 0 Å². The Labute approximate surface area is 125 Å². The summed E-state index contributed by atoms with van der Waals surface area (Å²) in [6, 6.07) is 0. The van der Waals surface area contributed by atoms with Gasteiger partial charge in [-0.15, -0.1) is 0 Å². The van der Waals surface area contributed by atoms with Gasteiger partial charge < -0.3 is 14.6 Å². The van der Waals surface area contributed by atoms with Gasteiger partial charge in [0.2, 0.25) is 0 Å². The molecule has 112 valence electrons. The highest BCUT2D eigenvalue weighted by Gasteiger charge is 2.22. The lowest BCUT2D eigenvalue weighted by Gasteiger charge is -2.16. The fraction of sp³-hybridized carbons (Fsp3) is 0.417. The predicted molar refractivity (Wildman–Crippen MR) is 72.3 cm³/mol. The van der Waals surface area contributed by atoms with E-state index >= 15 is 0 Å². The van der Waals surface area contributed by atoms with Crippen molar-refractivity contribution in [3.8, 4) is 0 Å². The quantitative estimate of drug-likeness (QED) is 0.570. The molecule has 1 atom stereocenters. The molecule has 1 unspecified atom stereocenters. The van der Waals surface area contributed by atoms with Crippen molar-refractivity contribution in [1.82, 2.24) is 0 Å². The fourth-order valence-corrected chi connectivity index (χ4v) is 1.12. The van der Waals surface area contributed by atoms with Crippen LogP contribution in [0.25, 0.3) is 0 Å². The second-order valence-electron chi connectivity index (χ2n) is 3.75. The lowest BCUT2D eigenvalue weighted by atomic mass is 10.3. The van der Waals surface area contributed by atoms with E-state index in [0.29, 0.717) is 6.42 Å². The molecular formula is C12H14Cl2O6. The van der Waals surface area contributed by atoms with Crippen LogP contribution in [-0.4, -0.2) is 35.7 Å². The maximum absolute atomic E-state index is 11.5. The average Bonchev–Trinajstić information content (AvgIpc) is 2.40. The van der Waals surface area contributed by atoms with E-state index in [0.717, 1.165) is 0 Å². The van der Waals surface area contributed by atoms with Crippen LogP contribution in [0.5, 0.6) is 0 Å². The highest BCUT2D eigenvalue weighted by Crippen LogP contribution is 2.17. The second-order valence-corrected chi connectivity index (χ2v) is 4.50. The van der Waals surface area contributed by atoms with Crippen molar-refractivity contribution >= 4 is 41.1 Å². The summed E-state index contributed by atoms with van der Waals surface area (Å²) >= 11 is 10.8. The van der Waals surface area contributed by atoms with Gasteiger partial charge >= 0.3 is 17.9 Å². The Bertz CT molecular complexity index is 455. The minimum Gasteiger partial charge on any atom is -0.477 e. The molecule has 0 aliphatic carbocycles. The molecular weight excluding hydrogens is 311 g/mol. The molecule has 8 heteroatoms. The van der Waals surface area contributed by atoms with E-state index in [-0.39, 0.29) is 12.2 Å². The van der Waals surface area contributed by atoms with Gasteiger partial charge in [0.05, 0.1) is 0 Å². The first-order chi connectivity index (χ1) is 9.20. The molecule has 1 N–H and O–H groups in total. The first kappa shape index (κ1) is 18.5. The molecule has 0 spiro atoms. The Morgan fingerprint density at radius 1 is 1.20 bits per heavy atom. The zero-order chi connectivity index (χ0) is 15.9. The highest BCUT2D eigenvalue weighted by atomic mass is 35.5. The molecule has 0 aliphatic heterocycles. The van der Waals surface area contributed by atoms with Crippen LogP contribution in [0.4, 0.5) is 0 Å². The summed E-state index contributed by atoms with van der Waals surface area (Å²) in [5.74, 6) is -3.27. The largest absolute Gasteiger partial charge is 0.477 e. The van der Waals surface area contributed by atoms with Crippen LogP contribution in [-0.2, 0) is 23.9 Å². The lowest BCUT2D eigenvalue weighted by molar-refractivity contribution is -0.153. The van der Waals surface area contributed by atoms with Gasteiger partial charge in [0, 0.05) is 5.57 Å². The number of carboxylic acids is 1. The predicted octanol–water partition coefficient (Wildman–Crippen LogP) is 2.20. The molecule has 0 rings (SSSR count). The molecule has 0 bridgehead atoms. The van der Waals surface area contributed by atoms with Crippen molar-refractivity contribution in [1.29, 1.82) is 0 Å². The maximum atomic E-state index is 11.5. The van der Waals surface area contributed by atoms with Crippen molar-refractivity contribution in [2.75, 3.05) is 6.61 Å². The van der Waals surface area contributed by atoms with E-state index in [1.807, 2.05) is 0 Å². The maximum Gasteiger partial charge on any atom is 0.351 e. The van der Waals surface area contributed by atoms with Crippen LogP contribution in [0.3, 0.4) is 0 Å². The number of esters is 2. The number of carboxylic acid groups (broad SMARTS) is 1. The molecule has 0 amide bonds. The summed E-state index contributed by atoms with van der Waals surface area (Å²) in [6.45, 7) is 6.36. The Balaban J connectivity index is 4.62. The molecule has 20 heavy (non-hydrogen) atoms. The van der Waals surface area contributed by atoms with E-state index in [1.165, 1.54) is 6.92 Å². The third-order valence-electron chi connectivity index (χ3n) is 2.04. The smallest absolute Gasteiger partial charge is 0.351 e. The molecule has 0 heterocycles. The number of hydrogen-bond donors (Lipinski definition) is 1. The average molecular weight is 325 g/mol. The lowest BCUT2D eigenvalue weighted by Crippen LogP contribution is -2.25. The number of aliphatic carboxylic acids is 1. The van der Waals surface area contributed by atoms with Gasteiger partial charge in [-0.05, 0) is 13.3 Å². The van der Waals surface area contributed by atoms with E-state index in [4.69, 9.17) is 37.8 Å². The first-order valence-electron chi connectivity index (χ1n) is 5.52. The van der Waals surface area contributed by atoms with Crippen molar-refractivity contribution in [3.05, 3.63) is 22.2 Å². The van der Waals surface area contributed by atoms with Crippen LogP contribution >= 0.6 is 23.2 Å². The minimum atomic E-state index is -1.55. The topological polar surface area (TPSA) is 89.9 Å². The third-order valence-corrected chi connectivity index (χ3v) is 2.83. The molecule has 0 saturated carbocycles. The summed E-state index contributed by atoms with van der Waals surface area (Å²) in [6.07, 6.45) is -0.429. The van der Waals surface area contributed by atoms with E-state index in [1.54, 1.807) is 6.92 Å². The molecule has 0 radical (unpaired) electrons. The monoisotopic (exact) mass is 324 g/mol. The van der Waals surface area contributed by atoms with Crippen molar-refractivity contribution in [2.45, 2.75) is 26.4 Å². The van der Waals surface area contributed by atoms with Gasteiger partial charge in [-0.25, -0.2) is 14.4 Å². The second kappa shape index (κ2) is 8.60. The third kappa shape index (κ3) is 6.08. The Morgan fingerprint density at radius 2 is 1.75 bits per heavy atom. The van der Waals surface area contributed by atoms with Gasteiger partial charge in [0.25, 0.3) is 0 Å². The number of carbonyl (C=O) groups is 3.